The first-order chi connectivity index (χ1) is 9.16. The third kappa shape index (κ3) is 1.99. The van der Waals surface area contributed by atoms with Crippen LogP contribution in [0.15, 0.2) is 23.0 Å². The number of rotatable bonds is 3. The zero-order valence-corrected chi connectivity index (χ0v) is 10.2. The summed E-state index contributed by atoms with van der Waals surface area (Å²) in [5, 5.41) is 7.06. The summed E-state index contributed by atoms with van der Waals surface area (Å²) < 4.78 is 23.7. The molecule has 1 aliphatic carbocycles. The molecule has 1 atom stereocenters. The molecule has 0 spiro atoms. The summed E-state index contributed by atoms with van der Waals surface area (Å²) in [6, 6.07) is 2.79. The summed E-state index contributed by atoms with van der Waals surface area (Å²) in [6.07, 6.45) is 1.74. The molecule has 6 heteroatoms. The van der Waals surface area contributed by atoms with Gasteiger partial charge in [0, 0.05) is 12.0 Å². The van der Waals surface area contributed by atoms with E-state index in [2.05, 4.69) is 14.9 Å². The van der Waals surface area contributed by atoms with Gasteiger partial charge in [-0.1, -0.05) is 17.2 Å². The van der Waals surface area contributed by atoms with E-state index in [4.69, 9.17) is 4.74 Å². The molecule has 2 aromatic rings. The topological polar surface area (TPSA) is 65.2 Å². The van der Waals surface area contributed by atoms with Crippen LogP contribution in [0.25, 0.3) is 0 Å². The molecule has 19 heavy (non-hydrogen) atoms. The molecule has 0 radical (unpaired) electrons. The average molecular weight is 262 g/mol. The van der Waals surface area contributed by atoms with Crippen LogP contribution < -0.4 is 4.74 Å². The standard InChI is InChI=1S/C13H11FN2O3/c1-7-4-10(17)13-11(3-2-9(14)12(7)13)18-6-8-5-15-19-16-8/h2-3,5,7H,4,6H2,1H3/t7-/m1/s1. The smallest absolute Gasteiger partial charge is 0.167 e. The van der Waals surface area contributed by atoms with Crippen LogP contribution in [0, 0.1) is 5.82 Å². The number of Topliss-reactive ketones (excluding diaryl/α,β-unsaturated/α-hetero) is 1. The number of carbonyl (C=O) groups excluding carboxylic acids is 1. The summed E-state index contributed by atoms with van der Waals surface area (Å²) in [6.45, 7) is 1.96. The quantitative estimate of drug-likeness (QED) is 0.850. The highest BCUT2D eigenvalue weighted by molar-refractivity contribution is 6.03. The van der Waals surface area contributed by atoms with Crippen molar-refractivity contribution < 1.29 is 18.6 Å². The van der Waals surface area contributed by atoms with Crippen molar-refractivity contribution in [3.63, 3.8) is 0 Å². The van der Waals surface area contributed by atoms with E-state index in [1.807, 2.05) is 6.92 Å². The number of carbonyl (C=O) groups is 1. The van der Waals surface area contributed by atoms with Crippen molar-refractivity contribution in [2.24, 2.45) is 0 Å². The van der Waals surface area contributed by atoms with Crippen molar-refractivity contribution >= 4 is 5.78 Å². The maximum Gasteiger partial charge on any atom is 0.167 e. The summed E-state index contributed by atoms with van der Waals surface area (Å²) in [5.74, 6) is -0.174. The number of aromatic nitrogens is 2. The van der Waals surface area contributed by atoms with Crippen molar-refractivity contribution in [2.45, 2.75) is 25.9 Å². The minimum absolute atomic E-state index is 0.0877. The molecule has 98 valence electrons. The van der Waals surface area contributed by atoms with Crippen molar-refractivity contribution in [3.05, 3.63) is 41.0 Å². The summed E-state index contributed by atoms with van der Waals surface area (Å²) >= 11 is 0. The summed E-state index contributed by atoms with van der Waals surface area (Å²) in [4.78, 5) is 11.9. The van der Waals surface area contributed by atoms with E-state index in [0.29, 0.717) is 29.0 Å². The lowest BCUT2D eigenvalue weighted by atomic mass is 10.0. The van der Waals surface area contributed by atoms with E-state index >= 15 is 0 Å². The second-order valence-electron chi connectivity index (χ2n) is 4.55. The van der Waals surface area contributed by atoms with E-state index in [-0.39, 0.29) is 24.1 Å². The molecule has 0 aliphatic heterocycles. The van der Waals surface area contributed by atoms with E-state index < -0.39 is 0 Å². The third-order valence-electron chi connectivity index (χ3n) is 3.20. The van der Waals surface area contributed by atoms with E-state index in [9.17, 15) is 9.18 Å². The highest BCUT2D eigenvalue weighted by atomic mass is 19.1. The Kier molecular flexibility index (Phi) is 2.77. The molecule has 0 amide bonds. The van der Waals surface area contributed by atoms with Gasteiger partial charge in [-0.3, -0.25) is 4.79 Å². The fraction of sp³-hybridized carbons (Fsp3) is 0.308. The van der Waals surface area contributed by atoms with E-state index in [1.54, 1.807) is 0 Å². The maximum absolute atomic E-state index is 13.8. The number of fused-ring (bicyclic) bond motifs is 1. The van der Waals surface area contributed by atoms with Gasteiger partial charge in [0.15, 0.2) is 5.78 Å². The van der Waals surface area contributed by atoms with Gasteiger partial charge in [-0.05, 0) is 18.1 Å². The van der Waals surface area contributed by atoms with Crippen LogP contribution in [0.2, 0.25) is 0 Å². The molecule has 5 nitrogen and oxygen atoms in total. The summed E-state index contributed by atoms with van der Waals surface area (Å²) in [7, 11) is 0. The molecule has 0 bridgehead atoms. The van der Waals surface area contributed by atoms with Crippen molar-refractivity contribution in [3.8, 4) is 5.75 Å². The molecule has 0 N–H and O–H groups in total. The van der Waals surface area contributed by atoms with Crippen LogP contribution in [0.3, 0.4) is 0 Å². The Morgan fingerprint density at radius 1 is 1.53 bits per heavy atom. The Morgan fingerprint density at radius 3 is 3.11 bits per heavy atom. The van der Waals surface area contributed by atoms with E-state index in [1.165, 1.54) is 18.3 Å². The third-order valence-corrected chi connectivity index (χ3v) is 3.20. The van der Waals surface area contributed by atoms with E-state index in [0.717, 1.165) is 0 Å². The number of halogens is 1. The maximum atomic E-state index is 13.8. The molecular weight excluding hydrogens is 251 g/mol. The molecule has 1 aliphatic rings. The SMILES string of the molecule is C[C@@H]1CC(=O)c2c(OCc3cnon3)ccc(F)c21. The van der Waals surface area contributed by atoms with Gasteiger partial charge in [0.05, 0.1) is 11.8 Å². The summed E-state index contributed by atoms with van der Waals surface area (Å²) in [5.41, 5.74) is 1.31. The number of hydrogen-bond acceptors (Lipinski definition) is 5. The van der Waals surface area contributed by atoms with Gasteiger partial charge in [-0.25, -0.2) is 9.02 Å². The minimum Gasteiger partial charge on any atom is -0.486 e. The second kappa shape index (κ2) is 4.46. The first-order valence-electron chi connectivity index (χ1n) is 5.91. The largest absolute Gasteiger partial charge is 0.486 e. The Morgan fingerprint density at radius 2 is 2.37 bits per heavy atom. The van der Waals surface area contributed by atoms with Gasteiger partial charge in [-0.15, -0.1) is 0 Å². The fourth-order valence-corrected chi connectivity index (χ4v) is 2.35. The number of ketones is 1. The molecule has 1 heterocycles. The van der Waals surface area contributed by atoms with Gasteiger partial charge in [0.25, 0.3) is 0 Å². The Balaban J connectivity index is 1.93. The zero-order chi connectivity index (χ0) is 13.4. The number of ether oxygens (including phenoxy) is 1. The van der Waals surface area contributed by atoms with Gasteiger partial charge in [-0.2, -0.15) is 0 Å². The predicted molar refractivity (Wildman–Crippen MR) is 62.4 cm³/mol. The van der Waals surface area contributed by atoms with Gasteiger partial charge in [0.2, 0.25) is 0 Å². The normalized spacial score (nSPS) is 17.6. The number of hydrogen-bond donors (Lipinski definition) is 0. The molecule has 1 aromatic heterocycles. The molecule has 0 unspecified atom stereocenters. The van der Waals surface area contributed by atoms with Crippen molar-refractivity contribution in [1.29, 1.82) is 0 Å². The lowest BCUT2D eigenvalue weighted by Gasteiger charge is -2.10. The Labute approximate surface area is 108 Å². The number of benzene rings is 1. The second-order valence-corrected chi connectivity index (χ2v) is 4.55. The Hall–Kier alpha value is -2.24. The fourth-order valence-electron chi connectivity index (χ4n) is 2.35. The van der Waals surface area contributed by atoms with Crippen molar-refractivity contribution in [1.82, 2.24) is 10.3 Å². The van der Waals surface area contributed by atoms with Gasteiger partial charge < -0.3 is 4.74 Å². The number of nitrogens with zero attached hydrogens (tertiary/aromatic N) is 2. The first kappa shape index (κ1) is 11.8. The van der Waals surface area contributed by atoms with Crippen LogP contribution in [-0.2, 0) is 6.61 Å². The molecular formula is C13H11FN2O3. The first-order valence-corrected chi connectivity index (χ1v) is 5.91. The average Bonchev–Trinajstić information content (AvgIpc) is 2.98. The van der Waals surface area contributed by atoms with Gasteiger partial charge in [0.1, 0.15) is 23.9 Å². The molecule has 0 saturated carbocycles. The lowest BCUT2D eigenvalue weighted by molar-refractivity contribution is 0.0986. The van der Waals surface area contributed by atoms with Gasteiger partial charge >= 0.3 is 0 Å². The highest BCUT2D eigenvalue weighted by Gasteiger charge is 2.32. The zero-order valence-electron chi connectivity index (χ0n) is 10.2. The van der Waals surface area contributed by atoms with Crippen LogP contribution in [-0.4, -0.2) is 16.1 Å². The monoisotopic (exact) mass is 262 g/mol. The van der Waals surface area contributed by atoms with Crippen molar-refractivity contribution in [2.75, 3.05) is 0 Å². The molecule has 0 saturated heterocycles. The lowest BCUT2D eigenvalue weighted by Crippen LogP contribution is -2.03. The van der Waals surface area contributed by atoms with Crippen LogP contribution >= 0.6 is 0 Å². The predicted octanol–water partition coefficient (Wildman–Crippen LogP) is 2.48. The molecule has 3 rings (SSSR count). The minimum atomic E-state index is -0.358. The van der Waals surface area contributed by atoms with Crippen LogP contribution in [0.5, 0.6) is 5.75 Å². The van der Waals surface area contributed by atoms with Crippen LogP contribution in [0.1, 0.15) is 40.9 Å². The highest BCUT2D eigenvalue weighted by Crippen LogP contribution is 2.39. The Bertz CT molecular complexity index is 625. The molecule has 0 fully saturated rings. The van der Waals surface area contributed by atoms with Crippen LogP contribution in [0.4, 0.5) is 4.39 Å². The molecule has 1 aromatic carbocycles.